The van der Waals surface area contributed by atoms with E-state index in [1.807, 2.05) is 13.0 Å². The van der Waals surface area contributed by atoms with Crippen molar-refractivity contribution >= 4 is 6.29 Å². The molecule has 0 spiro atoms. The maximum absolute atomic E-state index is 10.1. The lowest BCUT2D eigenvalue weighted by molar-refractivity contribution is -0.107. The molecule has 13 heavy (non-hydrogen) atoms. The van der Waals surface area contributed by atoms with Crippen LogP contribution in [0.4, 0.5) is 0 Å². The summed E-state index contributed by atoms with van der Waals surface area (Å²) in [6.07, 6.45) is 5.61. The molecule has 1 aromatic rings. The number of carbonyl (C=O) groups is 1. The number of ether oxygens (including phenoxy) is 1. The average Bonchev–Trinajstić information content (AvgIpc) is 2.16. The third kappa shape index (κ3) is 3.23. The molecule has 0 atom stereocenters. The topological polar surface area (TPSA) is 39.2 Å². The fraction of sp³-hybridized carbons (Fsp3) is 0.400. The minimum atomic E-state index is 0.539. The van der Waals surface area contributed by atoms with Crippen LogP contribution in [0.3, 0.4) is 0 Å². The van der Waals surface area contributed by atoms with Gasteiger partial charge in [0, 0.05) is 12.6 Å². The van der Waals surface area contributed by atoms with E-state index in [1.165, 1.54) is 0 Å². The summed E-state index contributed by atoms with van der Waals surface area (Å²) in [5.41, 5.74) is 1.04. The number of hydrogen-bond acceptors (Lipinski definition) is 3. The molecule has 0 unspecified atom stereocenters. The summed E-state index contributed by atoms with van der Waals surface area (Å²) in [5, 5.41) is 0. The number of aryl methyl sites for hydroxylation is 1. The Bertz CT molecular complexity index is 273. The number of carbonyl (C=O) groups excluding carboxylic acids is 1. The molecule has 1 heterocycles. The van der Waals surface area contributed by atoms with E-state index < -0.39 is 0 Å². The molecule has 0 saturated heterocycles. The van der Waals surface area contributed by atoms with E-state index in [-0.39, 0.29) is 0 Å². The molecule has 0 aromatic carbocycles. The maximum atomic E-state index is 10.1. The van der Waals surface area contributed by atoms with Gasteiger partial charge in [-0.25, -0.2) is 0 Å². The Morgan fingerprint density at radius 1 is 1.54 bits per heavy atom. The standard InChI is InChI=1S/C10H13NO2/c1-2-13-10-6-9(4-3-5-12)7-11-8-10/h5-8H,2-4H2,1H3. The number of aldehydes is 1. The van der Waals surface area contributed by atoms with Gasteiger partial charge in [0.05, 0.1) is 12.8 Å². The van der Waals surface area contributed by atoms with E-state index in [1.54, 1.807) is 12.4 Å². The molecule has 3 heteroatoms. The summed E-state index contributed by atoms with van der Waals surface area (Å²) in [7, 11) is 0. The zero-order valence-electron chi connectivity index (χ0n) is 7.69. The molecule has 0 bridgehead atoms. The van der Waals surface area contributed by atoms with E-state index in [0.29, 0.717) is 13.0 Å². The van der Waals surface area contributed by atoms with Crippen molar-refractivity contribution in [3.05, 3.63) is 24.0 Å². The summed E-state index contributed by atoms with van der Waals surface area (Å²) in [4.78, 5) is 14.2. The first kappa shape index (κ1) is 9.71. The molecular weight excluding hydrogens is 166 g/mol. The van der Waals surface area contributed by atoms with Crippen LogP contribution in [-0.2, 0) is 11.2 Å². The van der Waals surface area contributed by atoms with Crippen molar-refractivity contribution < 1.29 is 9.53 Å². The highest BCUT2D eigenvalue weighted by molar-refractivity contribution is 5.50. The first-order valence-electron chi connectivity index (χ1n) is 4.37. The Morgan fingerprint density at radius 3 is 3.08 bits per heavy atom. The molecule has 70 valence electrons. The molecular formula is C10H13NO2. The smallest absolute Gasteiger partial charge is 0.137 e. The molecule has 0 aliphatic carbocycles. The molecule has 1 rings (SSSR count). The third-order valence-electron chi connectivity index (χ3n) is 1.63. The quantitative estimate of drug-likeness (QED) is 0.644. The predicted molar refractivity (Wildman–Crippen MR) is 49.8 cm³/mol. The lowest BCUT2D eigenvalue weighted by Gasteiger charge is -2.03. The molecule has 1 aromatic heterocycles. The van der Waals surface area contributed by atoms with E-state index in [0.717, 1.165) is 24.0 Å². The van der Waals surface area contributed by atoms with Gasteiger partial charge in [-0.2, -0.15) is 0 Å². The van der Waals surface area contributed by atoms with Crippen LogP contribution in [0.25, 0.3) is 0 Å². The third-order valence-corrected chi connectivity index (χ3v) is 1.63. The SMILES string of the molecule is CCOc1cncc(CCC=O)c1. The van der Waals surface area contributed by atoms with Gasteiger partial charge < -0.3 is 9.53 Å². The van der Waals surface area contributed by atoms with E-state index in [4.69, 9.17) is 4.74 Å². The number of nitrogens with zero attached hydrogens (tertiary/aromatic N) is 1. The van der Waals surface area contributed by atoms with Crippen LogP contribution in [0.15, 0.2) is 18.5 Å². The lowest BCUT2D eigenvalue weighted by atomic mass is 10.2. The van der Waals surface area contributed by atoms with Crippen LogP contribution in [0, 0.1) is 0 Å². The van der Waals surface area contributed by atoms with Crippen molar-refractivity contribution in [2.24, 2.45) is 0 Å². The summed E-state index contributed by atoms with van der Waals surface area (Å²) < 4.78 is 5.28. The van der Waals surface area contributed by atoms with Gasteiger partial charge in [0.1, 0.15) is 12.0 Å². The van der Waals surface area contributed by atoms with Crippen LogP contribution < -0.4 is 4.74 Å². The van der Waals surface area contributed by atoms with Crippen LogP contribution in [0.1, 0.15) is 18.9 Å². The molecule has 0 radical (unpaired) electrons. The zero-order chi connectivity index (χ0) is 9.52. The van der Waals surface area contributed by atoms with Crippen LogP contribution >= 0.6 is 0 Å². The van der Waals surface area contributed by atoms with Gasteiger partial charge in [0.15, 0.2) is 0 Å². The summed E-state index contributed by atoms with van der Waals surface area (Å²) >= 11 is 0. The van der Waals surface area contributed by atoms with Crippen molar-refractivity contribution in [2.45, 2.75) is 19.8 Å². The molecule has 0 saturated carbocycles. The van der Waals surface area contributed by atoms with Gasteiger partial charge in [0.25, 0.3) is 0 Å². The normalized spacial score (nSPS) is 9.62. The van der Waals surface area contributed by atoms with Crippen molar-refractivity contribution in [3.8, 4) is 5.75 Å². The zero-order valence-corrected chi connectivity index (χ0v) is 7.69. The van der Waals surface area contributed by atoms with Gasteiger partial charge in [-0.3, -0.25) is 4.98 Å². The number of rotatable bonds is 5. The van der Waals surface area contributed by atoms with E-state index >= 15 is 0 Å². The Morgan fingerprint density at radius 2 is 2.38 bits per heavy atom. The second kappa shape index (κ2) is 5.30. The lowest BCUT2D eigenvalue weighted by Crippen LogP contribution is -1.94. The predicted octanol–water partition coefficient (Wildman–Crippen LogP) is 1.61. The minimum absolute atomic E-state index is 0.539. The van der Waals surface area contributed by atoms with Gasteiger partial charge in [0.2, 0.25) is 0 Å². The summed E-state index contributed by atoms with van der Waals surface area (Å²) in [5.74, 6) is 0.769. The first-order valence-corrected chi connectivity index (χ1v) is 4.37. The van der Waals surface area contributed by atoms with Crippen LogP contribution in [0.5, 0.6) is 5.75 Å². The minimum Gasteiger partial charge on any atom is -0.492 e. The maximum Gasteiger partial charge on any atom is 0.137 e. The average molecular weight is 179 g/mol. The van der Waals surface area contributed by atoms with Gasteiger partial charge in [-0.05, 0) is 25.0 Å². The van der Waals surface area contributed by atoms with Crippen molar-refractivity contribution in [2.75, 3.05) is 6.61 Å². The van der Waals surface area contributed by atoms with Crippen molar-refractivity contribution in [3.63, 3.8) is 0 Å². The molecule has 0 aliphatic rings. The fourth-order valence-electron chi connectivity index (χ4n) is 1.07. The molecule has 0 amide bonds. The second-order valence-corrected chi connectivity index (χ2v) is 2.67. The number of aromatic nitrogens is 1. The van der Waals surface area contributed by atoms with Crippen molar-refractivity contribution in [1.82, 2.24) is 4.98 Å². The van der Waals surface area contributed by atoms with E-state index in [2.05, 4.69) is 4.98 Å². The Kier molecular flexibility index (Phi) is 3.96. The number of pyridine rings is 1. The Labute approximate surface area is 77.8 Å². The number of hydrogen-bond donors (Lipinski definition) is 0. The fourth-order valence-corrected chi connectivity index (χ4v) is 1.07. The summed E-state index contributed by atoms with van der Waals surface area (Å²) in [6, 6.07) is 1.92. The molecule has 0 fully saturated rings. The first-order chi connectivity index (χ1) is 6.36. The van der Waals surface area contributed by atoms with Gasteiger partial charge in [-0.15, -0.1) is 0 Å². The molecule has 0 aliphatic heterocycles. The van der Waals surface area contributed by atoms with Crippen molar-refractivity contribution in [1.29, 1.82) is 0 Å². The van der Waals surface area contributed by atoms with Gasteiger partial charge >= 0.3 is 0 Å². The molecule has 0 N–H and O–H groups in total. The largest absolute Gasteiger partial charge is 0.492 e. The Balaban J connectivity index is 2.61. The Hall–Kier alpha value is -1.38. The highest BCUT2D eigenvalue weighted by atomic mass is 16.5. The highest BCUT2D eigenvalue weighted by Crippen LogP contribution is 2.11. The van der Waals surface area contributed by atoms with Gasteiger partial charge in [-0.1, -0.05) is 0 Å². The summed E-state index contributed by atoms with van der Waals surface area (Å²) in [6.45, 7) is 2.57. The molecule has 3 nitrogen and oxygen atoms in total. The van der Waals surface area contributed by atoms with E-state index in [9.17, 15) is 4.79 Å². The van der Waals surface area contributed by atoms with Crippen LogP contribution in [0.2, 0.25) is 0 Å². The second-order valence-electron chi connectivity index (χ2n) is 2.67. The highest BCUT2D eigenvalue weighted by Gasteiger charge is 1.96. The monoisotopic (exact) mass is 179 g/mol. The van der Waals surface area contributed by atoms with Crippen LogP contribution in [-0.4, -0.2) is 17.9 Å².